The minimum absolute atomic E-state index is 0.0757. The lowest BCUT2D eigenvalue weighted by atomic mass is 10.1. The third kappa shape index (κ3) is 7.07. The van der Waals surface area contributed by atoms with Gasteiger partial charge in [-0.2, -0.15) is 0 Å². The van der Waals surface area contributed by atoms with Crippen molar-refractivity contribution in [3.05, 3.63) is 24.3 Å². The molecule has 1 amide bonds. The number of benzene rings is 1. The van der Waals surface area contributed by atoms with Crippen LogP contribution in [0.4, 0.5) is 4.79 Å². The first kappa shape index (κ1) is 23.8. The second-order valence-corrected chi connectivity index (χ2v) is 7.29. The molecule has 0 aromatic heterocycles. The normalized spacial score (nSPS) is 18.5. The second kappa shape index (κ2) is 11.6. The molecule has 0 bridgehead atoms. The topological polar surface area (TPSA) is 110 Å². The predicted octanol–water partition coefficient (Wildman–Crippen LogP) is 2.17. The van der Waals surface area contributed by atoms with E-state index in [-0.39, 0.29) is 18.6 Å². The summed E-state index contributed by atoms with van der Waals surface area (Å²) in [5, 5.41) is 0. The van der Waals surface area contributed by atoms with Crippen LogP contribution in [0.3, 0.4) is 0 Å². The number of morpholine rings is 1. The third-order valence-corrected chi connectivity index (χ3v) is 4.51. The molecule has 0 saturated carbocycles. The van der Waals surface area contributed by atoms with Gasteiger partial charge < -0.3 is 34.3 Å². The maximum Gasteiger partial charge on any atom is 0.413 e. The Balaban J connectivity index is 1.82. The average Bonchev–Trinajstić information content (AvgIpc) is 2.72. The zero-order valence-corrected chi connectivity index (χ0v) is 18.0. The van der Waals surface area contributed by atoms with Crippen molar-refractivity contribution in [3.8, 4) is 11.5 Å². The molecule has 9 nitrogen and oxygen atoms in total. The quantitative estimate of drug-likeness (QED) is 0.474. The lowest BCUT2D eigenvalue weighted by Crippen LogP contribution is -2.48. The summed E-state index contributed by atoms with van der Waals surface area (Å²) in [7, 11) is 0. The maximum absolute atomic E-state index is 12.4. The highest BCUT2D eigenvalue weighted by Crippen LogP contribution is 2.26. The smallest absolute Gasteiger partial charge is 0.413 e. The van der Waals surface area contributed by atoms with Crippen LogP contribution in [0.5, 0.6) is 11.5 Å². The van der Waals surface area contributed by atoms with Gasteiger partial charge in [0.1, 0.15) is 18.8 Å². The number of carbonyl (C=O) groups excluding carboxylic acids is 2. The zero-order valence-electron chi connectivity index (χ0n) is 18.0. The van der Waals surface area contributed by atoms with E-state index in [9.17, 15) is 9.59 Å². The van der Waals surface area contributed by atoms with Gasteiger partial charge in [-0.15, -0.1) is 0 Å². The average molecular weight is 424 g/mol. The highest BCUT2D eigenvalue weighted by atomic mass is 16.7. The number of rotatable bonds is 9. The molecule has 1 fully saturated rings. The minimum Gasteiger partial charge on any atom is -0.490 e. The van der Waals surface area contributed by atoms with E-state index in [1.807, 2.05) is 45.0 Å². The summed E-state index contributed by atoms with van der Waals surface area (Å²) in [6, 6.07) is 6.61. The number of ether oxygens (including phenoxy) is 5. The Kier molecular flexibility index (Phi) is 9.19. The van der Waals surface area contributed by atoms with E-state index < -0.39 is 24.4 Å². The molecule has 3 atom stereocenters. The highest BCUT2D eigenvalue weighted by molar-refractivity contribution is 5.76. The van der Waals surface area contributed by atoms with E-state index in [0.717, 1.165) is 0 Å². The molecule has 0 radical (unpaired) electrons. The Morgan fingerprint density at radius 3 is 2.47 bits per heavy atom. The van der Waals surface area contributed by atoms with Crippen LogP contribution in [-0.2, 0) is 19.0 Å². The number of nitrogens with two attached hydrogens (primary N) is 1. The summed E-state index contributed by atoms with van der Waals surface area (Å²) in [6.45, 7) is 8.80. The summed E-state index contributed by atoms with van der Waals surface area (Å²) < 4.78 is 27.4. The fourth-order valence-electron chi connectivity index (χ4n) is 2.77. The third-order valence-electron chi connectivity index (χ3n) is 4.51. The van der Waals surface area contributed by atoms with Crippen molar-refractivity contribution in [3.63, 3.8) is 0 Å². The zero-order chi connectivity index (χ0) is 22.1. The van der Waals surface area contributed by atoms with Crippen LogP contribution in [0.1, 0.15) is 27.7 Å². The Hall–Kier alpha value is -2.52. The molecule has 2 N–H and O–H groups in total. The van der Waals surface area contributed by atoms with Gasteiger partial charge in [0.15, 0.2) is 11.5 Å². The molecule has 2 rings (SSSR count). The monoisotopic (exact) mass is 424 g/mol. The van der Waals surface area contributed by atoms with Crippen LogP contribution >= 0.6 is 0 Å². The molecule has 1 unspecified atom stereocenters. The predicted molar refractivity (Wildman–Crippen MR) is 109 cm³/mol. The van der Waals surface area contributed by atoms with Crippen LogP contribution in [0, 0.1) is 5.92 Å². The van der Waals surface area contributed by atoms with Gasteiger partial charge in [0.25, 0.3) is 0 Å². The van der Waals surface area contributed by atoms with E-state index >= 15 is 0 Å². The summed E-state index contributed by atoms with van der Waals surface area (Å²) in [5.41, 5.74) is 5.75. The Morgan fingerprint density at radius 2 is 1.83 bits per heavy atom. The first-order valence-electron chi connectivity index (χ1n) is 10.2. The first-order valence-corrected chi connectivity index (χ1v) is 10.2. The lowest BCUT2D eigenvalue weighted by molar-refractivity contribution is -0.169. The summed E-state index contributed by atoms with van der Waals surface area (Å²) in [6.07, 6.45) is -1.95. The number of hydrogen-bond acceptors (Lipinski definition) is 8. The van der Waals surface area contributed by atoms with E-state index in [2.05, 4.69) is 0 Å². The van der Waals surface area contributed by atoms with Gasteiger partial charge in [-0.1, -0.05) is 26.0 Å². The number of esters is 1. The van der Waals surface area contributed by atoms with E-state index in [4.69, 9.17) is 29.4 Å². The van der Waals surface area contributed by atoms with Gasteiger partial charge in [0, 0.05) is 13.5 Å². The molecular formula is C21H32N2O7. The number of amides is 1. The van der Waals surface area contributed by atoms with E-state index in [1.165, 1.54) is 11.8 Å². The van der Waals surface area contributed by atoms with Crippen molar-refractivity contribution in [1.29, 1.82) is 0 Å². The molecule has 1 aromatic carbocycles. The molecule has 1 saturated heterocycles. The van der Waals surface area contributed by atoms with Crippen molar-refractivity contribution in [2.75, 3.05) is 32.9 Å². The fraction of sp³-hybridized carbons (Fsp3) is 0.619. The second-order valence-electron chi connectivity index (χ2n) is 7.29. The SMILES string of the molecule is CCOc1ccccc1OC[C@@H]1CN(C(=O)OC(C)OC(=O)[C@@H](N)C(C)C)CCO1. The lowest BCUT2D eigenvalue weighted by Gasteiger charge is -2.32. The van der Waals surface area contributed by atoms with Crippen LogP contribution in [0.25, 0.3) is 0 Å². The molecule has 1 aromatic rings. The fourth-order valence-corrected chi connectivity index (χ4v) is 2.77. The summed E-state index contributed by atoms with van der Waals surface area (Å²) in [5.74, 6) is 0.590. The maximum atomic E-state index is 12.4. The molecular weight excluding hydrogens is 392 g/mol. The molecule has 1 aliphatic rings. The Morgan fingerprint density at radius 1 is 1.17 bits per heavy atom. The molecule has 168 valence electrons. The summed E-state index contributed by atoms with van der Waals surface area (Å²) in [4.78, 5) is 25.8. The number of carbonyl (C=O) groups is 2. The van der Waals surface area contributed by atoms with Crippen molar-refractivity contribution >= 4 is 12.1 Å². The van der Waals surface area contributed by atoms with Gasteiger partial charge in [-0.3, -0.25) is 4.79 Å². The van der Waals surface area contributed by atoms with Crippen LogP contribution in [-0.4, -0.2) is 68.3 Å². The highest BCUT2D eigenvalue weighted by Gasteiger charge is 2.28. The first-order chi connectivity index (χ1) is 14.3. The standard InChI is InChI=1S/C21H32N2O7/c1-5-26-17-8-6-7-9-18(17)28-13-16-12-23(10-11-27-16)21(25)30-15(4)29-20(24)19(22)14(2)3/h6-9,14-16,19H,5,10-13,22H2,1-4H3/t15?,16-,19-/m0/s1. The Bertz CT molecular complexity index is 698. The number of hydrogen-bond donors (Lipinski definition) is 1. The van der Waals surface area contributed by atoms with Gasteiger partial charge >= 0.3 is 12.1 Å². The van der Waals surface area contributed by atoms with Gasteiger partial charge in [0.2, 0.25) is 6.29 Å². The largest absolute Gasteiger partial charge is 0.490 e. The molecule has 30 heavy (non-hydrogen) atoms. The van der Waals surface area contributed by atoms with Crippen LogP contribution < -0.4 is 15.2 Å². The van der Waals surface area contributed by atoms with Gasteiger partial charge in [-0.25, -0.2) is 4.79 Å². The number of nitrogens with zero attached hydrogens (tertiary/aromatic N) is 1. The number of para-hydroxylation sites is 2. The van der Waals surface area contributed by atoms with Crippen molar-refractivity contribution in [2.24, 2.45) is 11.7 Å². The minimum atomic E-state index is -1.04. The van der Waals surface area contributed by atoms with Crippen LogP contribution in [0.2, 0.25) is 0 Å². The van der Waals surface area contributed by atoms with Crippen molar-refractivity contribution in [1.82, 2.24) is 4.90 Å². The Labute approximate surface area is 177 Å². The van der Waals surface area contributed by atoms with E-state index in [0.29, 0.717) is 37.8 Å². The van der Waals surface area contributed by atoms with Gasteiger partial charge in [-0.05, 0) is 25.0 Å². The molecule has 1 heterocycles. The van der Waals surface area contributed by atoms with Crippen molar-refractivity contribution < 1.29 is 33.3 Å². The van der Waals surface area contributed by atoms with E-state index in [1.54, 1.807) is 0 Å². The van der Waals surface area contributed by atoms with Crippen molar-refractivity contribution in [2.45, 2.75) is 46.1 Å². The molecule has 0 spiro atoms. The molecule has 1 aliphatic heterocycles. The van der Waals surface area contributed by atoms with Gasteiger partial charge in [0.05, 0.1) is 19.8 Å². The summed E-state index contributed by atoms with van der Waals surface area (Å²) >= 11 is 0. The molecule has 9 heteroatoms. The van der Waals surface area contributed by atoms with Crippen LogP contribution in [0.15, 0.2) is 24.3 Å². The molecule has 0 aliphatic carbocycles.